The Labute approximate surface area is 185 Å². The molecule has 0 aliphatic rings. The van der Waals surface area contributed by atoms with Gasteiger partial charge in [-0.1, -0.05) is 26.8 Å². The van der Waals surface area contributed by atoms with Crippen LogP contribution in [0, 0.1) is 18.9 Å². The van der Waals surface area contributed by atoms with Crippen molar-refractivity contribution in [3.63, 3.8) is 0 Å². The summed E-state index contributed by atoms with van der Waals surface area (Å²) in [7, 11) is -4.01. The maximum atomic E-state index is 13.2. The number of carbonyl (C=O) groups excluding carboxylic acids is 1. The summed E-state index contributed by atoms with van der Waals surface area (Å²) < 4.78 is 27.6. The molecule has 1 atom stereocenters. The molecule has 1 aromatic heterocycles. The summed E-state index contributed by atoms with van der Waals surface area (Å²) in [6, 6.07) is 9.70. The van der Waals surface area contributed by atoms with Gasteiger partial charge in [0, 0.05) is 51.6 Å². The van der Waals surface area contributed by atoms with Crippen LogP contribution >= 0.6 is 0 Å². The first-order valence-electron chi connectivity index (χ1n) is 8.10. The van der Waals surface area contributed by atoms with Crippen LogP contribution in [0.2, 0.25) is 0 Å². The van der Waals surface area contributed by atoms with Gasteiger partial charge in [-0.15, -0.1) is 0 Å². The summed E-state index contributed by atoms with van der Waals surface area (Å²) in [6.45, 7) is 5.18. The Bertz CT molecular complexity index is 843. The molecule has 0 saturated carbocycles. The Morgan fingerprint density at radius 1 is 1.33 bits per heavy atom. The van der Waals surface area contributed by atoms with Crippen molar-refractivity contribution in [2.24, 2.45) is 5.92 Å². The van der Waals surface area contributed by atoms with E-state index >= 15 is 0 Å². The molecule has 1 aromatic carbocycles. The van der Waals surface area contributed by atoms with E-state index in [1.807, 2.05) is 0 Å². The topological polar surface area (TPSA) is 99.6 Å². The third kappa shape index (κ3) is 5.89. The minimum atomic E-state index is -4.01. The Hall–Kier alpha value is -1.19. The van der Waals surface area contributed by atoms with Gasteiger partial charge in [0.15, 0.2) is 10.0 Å². The second kappa shape index (κ2) is 10.4. The first kappa shape index (κ1) is 23.9. The molecule has 0 bridgehead atoms. The molecule has 1 radical (unpaired) electrons. The number of benzene rings is 1. The molecule has 0 unspecified atom stereocenters. The molecule has 0 aliphatic carbocycles. The van der Waals surface area contributed by atoms with Crippen molar-refractivity contribution < 1.29 is 51.1 Å². The standard InChI is InChI=1S/C18H22N3O4S.Y/c1-13(2)17(18(22)20-23)21(12-15-5-4-10-19-11-15)26(24,25)16-8-6-14(3)7-9-16;/h4-6,8-11,13,17,23H,12H2,1-3H3,(H,20,22);/q-1;/t17-;/m1./s1. The van der Waals surface area contributed by atoms with Gasteiger partial charge < -0.3 is 0 Å². The predicted molar refractivity (Wildman–Crippen MR) is 95.5 cm³/mol. The molecule has 0 spiro atoms. The first-order valence-corrected chi connectivity index (χ1v) is 9.54. The van der Waals surface area contributed by atoms with Gasteiger partial charge >= 0.3 is 0 Å². The molecule has 27 heavy (non-hydrogen) atoms. The van der Waals surface area contributed by atoms with Crippen LogP contribution < -0.4 is 5.48 Å². The number of hydrogen-bond acceptors (Lipinski definition) is 5. The van der Waals surface area contributed by atoms with Crippen molar-refractivity contribution in [1.29, 1.82) is 0 Å². The van der Waals surface area contributed by atoms with E-state index in [0.717, 1.165) is 9.87 Å². The molecule has 1 heterocycles. The summed E-state index contributed by atoms with van der Waals surface area (Å²) in [4.78, 5) is 16.3. The summed E-state index contributed by atoms with van der Waals surface area (Å²) in [5, 5.41) is 9.10. The molecule has 2 N–H and O–H groups in total. The zero-order valence-corrected chi connectivity index (χ0v) is 19.1. The summed E-state index contributed by atoms with van der Waals surface area (Å²) in [6.07, 6.45) is 3.12. The van der Waals surface area contributed by atoms with Crippen LogP contribution in [0.5, 0.6) is 0 Å². The summed E-state index contributed by atoms with van der Waals surface area (Å²) in [5.74, 6) is -1.16. The summed E-state index contributed by atoms with van der Waals surface area (Å²) in [5.41, 5.74) is 3.01. The van der Waals surface area contributed by atoms with E-state index in [1.54, 1.807) is 50.6 Å². The van der Waals surface area contributed by atoms with Gasteiger partial charge in [0.25, 0.3) is 5.91 Å². The van der Waals surface area contributed by atoms with E-state index in [2.05, 4.69) is 11.1 Å². The number of nitrogens with one attached hydrogen (secondary N) is 1. The summed E-state index contributed by atoms with van der Waals surface area (Å²) >= 11 is 0. The van der Waals surface area contributed by atoms with Crippen LogP contribution in [0.15, 0.2) is 47.6 Å². The number of hydrogen-bond donors (Lipinski definition) is 2. The second-order valence-corrected chi connectivity index (χ2v) is 8.17. The molecule has 0 aliphatic heterocycles. The molecule has 7 nitrogen and oxygen atoms in total. The minimum Gasteiger partial charge on any atom is -0.289 e. The van der Waals surface area contributed by atoms with Crippen LogP contribution in [0.4, 0.5) is 0 Å². The van der Waals surface area contributed by atoms with Crippen LogP contribution in [0.3, 0.4) is 0 Å². The number of aryl methyl sites for hydroxylation is 1. The van der Waals surface area contributed by atoms with Gasteiger partial charge in [-0.05, 0) is 22.4 Å². The molecule has 2 rings (SSSR count). The van der Waals surface area contributed by atoms with Gasteiger partial charge in [-0.3, -0.25) is 15.0 Å². The van der Waals surface area contributed by atoms with E-state index in [9.17, 15) is 13.2 Å². The predicted octanol–water partition coefficient (Wildman–Crippen LogP) is 1.91. The Balaban J connectivity index is 0.00000364. The fourth-order valence-corrected chi connectivity index (χ4v) is 4.30. The molecule has 9 heteroatoms. The van der Waals surface area contributed by atoms with Crippen molar-refractivity contribution in [3.8, 4) is 0 Å². The number of aromatic nitrogens is 1. The van der Waals surface area contributed by atoms with Crippen molar-refractivity contribution >= 4 is 15.9 Å². The van der Waals surface area contributed by atoms with Gasteiger partial charge in [0.2, 0.25) is 0 Å². The SMILES string of the molecule is Cc1[c-]cc(S(=O)(=O)N(Cc2cccnc2)[C@@H](C(=O)NO)C(C)C)cc1.[Y]. The van der Waals surface area contributed by atoms with E-state index in [1.165, 1.54) is 18.3 Å². The third-order valence-corrected chi connectivity index (χ3v) is 5.75. The Morgan fingerprint density at radius 3 is 2.52 bits per heavy atom. The van der Waals surface area contributed by atoms with E-state index in [0.29, 0.717) is 5.56 Å². The number of sulfonamides is 1. The molecule has 143 valence electrons. The zero-order chi connectivity index (χ0) is 19.3. The Morgan fingerprint density at radius 2 is 2.04 bits per heavy atom. The molecule has 1 amide bonds. The third-order valence-electron chi connectivity index (χ3n) is 3.93. The van der Waals surface area contributed by atoms with E-state index in [4.69, 9.17) is 5.21 Å². The number of pyridine rings is 1. The number of amides is 1. The van der Waals surface area contributed by atoms with Crippen LogP contribution in [0.1, 0.15) is 25.0 Å². The van der Waals surface area contributed by atoms with E-state index < -0.39 is 22.0 Å². The zero-order valence-electron chi connectivity index (χ0n) is 15.5. The minimum absolute atomic E-state index is 0. The fraction of sp³-hybridized carbons (Fsp3) is 0.333. The molecule has 0 saturated heterocycles. The van der Waals surface area contributed by atoms with Gasteiger partial charge in [-0.2, -0.15) is 34.1 Å². The van der Waals surface area contributed by atoms with Crippen LogP contribution in [0.25, 0.3) is 0 Å². The van der Waals surface area contributed by atoms with Crippen LogP contribution in [-0.4, -0.2) is 34.9 Å². The van der Waals surface area contributed by atoms with Gasteiger partial charge in [0.05, 0.1) is 0 Å². The Kier molecular flexibility index (Phi) is 9.17. The van der Waals surface area contributed by atoms with Crippen molar-refractivity contribution in [2.75, 3.05) is 0 Å². The molecule has 2 aromatic rings. The number of hydroxylamine groups is 1. The van der Waals surface area contributed by atoms with Crippen molar-refractivity contribution in [3.05, 3.63) is 59.9 Å². The maximum Gasteiger partial charge on any atom is 0.262 e. The fourth-order valence-electron chi connectivity index (χ4n) is 2.62. The van der Waals surface area contributed by atoms with Gasteiger partial charge in [0.1, 0.15) is 6.04 Å². The monoisotopic (exact) mass is 465 g/mol. The van der Waals surface area contributed by atoms with Gasteiger partial charge in [-0.25, -0.2) is 13.9 Å². The van der Waals surface area contributed by atoms with Crippen molar-refractivity contribution in [1.82, 2.24) is 14.8 Å². The first-order chi connectivity index (χ1) is 12.3. The quantitative estimate of drug-likeness (QED) is 0.370. The largest absolute Gasteiger partial charge is 0.289 e. The molecule has 0 fully saturated rings. The average Bonchev–Trinajstić information content (AvgIpc) is 2.62. The smallest absolute Gasteiger partial charge is 0.262 e. The number of nitrogens with zero attached hydrogens (tertiary/aromatic N) is 2. The maximum absolute atomic E-state index is 13.2. The second-order valence-electron chi connectivity index (χ2n) is 6.28. The van der Waals surface area contributed by atoms with E-state index in [-0.39, 0.29) is 50.1 Å². The molecular formula is C18H22N3O4SY-. The number of carbonyl (C=O) groups is 1. The number of rotatable bonds is 7. The average molecular weight is 465 g/mol. The normalized spacial score (nSPS) is 12.5. The van der Waals surface area contributed by atoms with Crippen molar-refractivity contribution in [2.45, 2.75) is 38.3 Å². The molecular weight excluding hydrogens is 443 g/mol. The van der Waals surface area contributed by atoms with Crippen LogP contribution in [-0.2, 0) is 54.1 Å².